The number of aromatic amines is 1. The maximum atomic E-state index is 11.7. The fourth-order valence-corrected chi connectivity index (χ4v) is 1.88. The van der Waals surface area contributed by atoms with Gasteiger partial charge in [0.25, 0.3) is 0 Å². The topological polar surface area (TPSA) is 113 Å². The summed E-state index contributed by atoms with van der Waals surface area (Å²) in [7, 11) is 0. The molecule has 2 heterocycles. The highest BCUT2D eigenvalue weighted by Crippen LogP contribution is 2.16. The normalized spacial score (nSPS) is 18.6. The summed E-state index contributed by atoms with van der Waals surface area (Å²) in [5.41, 5.74) is 0.838. The maximum absolute atomic E-state index is 11.7. The molecule has 1 aromatic rings. The van der Waals surface area contributed by atoms with Crippen molar-refractivity contribution < 1.29 is 24.2 Å². The Balaban J connectivity index is 1.86. The van der Waals surface area contributed by atoms with E-state index in [4.69, 9.17) is 14.6 Å². The van der Waals surface area contributed by atoms with Crippen LogP contribution in [-0.4, -0.2) is 54.6 Å². The Morgan fingerprint density at radius 1 is 1.50 bits per heavy atom. The minimum Gasteiger partial charge on any atom is -0.477 e. The van der Waals surface area contributed by atoms with Crippen LogP contribution in [0.4, 0.5) is 10.5 Å². The molecule has 4 N–H and O–H groups in total. The van der Waals surface area contributed by atoms with Crippen molar-refractivity contribution in [2.75, 3.05) is 31.7 Å². The molecule has 1 aliphatic heterocycles. The fraction of sp³-hybridized carbons (Fsp3) is 0.500. The Labute approximate surface area is 115 Å². The van der Waals surface area contributed by atoms with Gasteiger partial charge in [0.15, 0.2) is 0 Å². The van der Waals surface area contributed by atoms with Crippen molar-refractivity contribution in [1.29, 1.82) is 0 Å². The number of amides is 2. The van der Waals surface area contributed by atoms with E-state index in [-0.39, 0.29) is 17.5 Å². The van der Waals surface area contributed by atoms with E-state index in [9.17, 15) is 9.59 Å². The molecule has 0 aliphatic carbocycles. The van der Waals surface area contributed by atoms with Gasteiger partial charge in [-0.1, -0.05) is 0 Å². The molecule has 1 unspecified atom stereocenters. The van der Waals surface area contributed by atoms with E-state index in [2.05, 4.69) is 15.6 Å². The second-order valence-corrected chi connectivity index (χ2v) is 4.45. The quantitative estimate of drug-likeness (QED) is 0.645. The van der Waals surface area contributed by atoms with Crippen LogP contribution in [0.2, 0.25) is 0 Å². The van der Waals surface area contributed by atoms with Crippen LogP contribution in [0.15, 0.2) is 6.07 Å². The van der Waals surface area contributed by atoms with Crippen molar-refractivity contribution in [3.05, 3.63) is 17.5 Å². The molecule has 1 fully saturated rings. The van der Waals surface area contributed by atoms with Gasteiger partial charge in [-0.2, -0.15) is 0 Å². The van der Waals surface area contributed by atoms with Crippen LogP contribution in [0.3, 0.4) is 0 Å². The van der Waals surface area contributed by atoms with Gasteiger partial charge >= 0.3 is 12.0 Å². The molecule has 0 saturated carbocycles. The zero-order valence-corrected chi connectivity index (χ0v) is 11.1. The average Bonchev–Trinajstić information content (AvgIpc) is 2.79. The lowest BCUT2D eigenvalue weighted by atomic mass is 10.3. The van der Waals surface area contributed by atoms with E-state index < -0.39 is 12.0 Å². The number of urea groups is 1. The molecule has 1 saturated heterocycles. The molecule has 1 aromatic heterocycles. The number of carboxylic acids is 1. The van der Waals surface area contributed by atoms with E-state index >= 15 is 0 Å². The number of carbonyl (C=O) groups excluding carboxylic acids is 1. The van der Waals surface area contributed by atoms with Crippen LogP contribution < -0.4 is 10.6 Å². The van der Waals surface area contributed by atoms with Crippen molar-refractivity contribution in [3.8, 4) is 0 Å². The van der Waals surface area contributed by atoms with Gasteiger partial charge in [0.05, 0.1) is 31.6 Å². The van der Waals surface area contributed by atoms with Gasteiger partial charge in [-0.15, -0.1) is 0 Å². The highest BCUT2D eigenvalue weighted by molar-refractivity contribution is 5.99. The van der Waals surface area contributed by atoms with Crippen molar-refractivity contribution in [2.45, 2.75) is 13.0 Å². The first-order valence-electron chi connectivity index (χ1n) is 6.23. The number of H-pyrrole nitrogens is 1. The lowest BCUT2D eigenvalue weighted by molar-refractivity contribution is -0.0852. The molecular formula is C12H17N3O5. The molecule has 2 rings (SSSR count). The molecule has 0 aromatic carbocycles. The third kappa shape index (κ3) is 3.72. The Bertz CT molecular complexity index is 493. The number of aromatic carboxylic acids is 1. The maximum Gasteiger partial charge on any atom is 0.354 e. The van der Waals surface area contributed by atoms with Crippen LogP contribution in [-0.2, 0) is 9.47 Å². The number of carbonyl (C=O) groups is 2. The van der Waals surface area contributed by atoms with E-state index in [1.54, 1.807) is 13.0 Å². The summed E-state index contributed by atoms with van der Waals surface area (Å²) >= 11 is 0. The highest BCUT2D eigenvalue weighted by atomic mass is 16.6. The first-order chi connectivity index (χ1) is 9.56. The van der Waals surface area contributed by atoms with E-state index in [1.165, 1.54) is 0 Å². The monoisotopic (exact) mass is 283 g/mol. The molecule has 8 nitrogen and oxygen atoms in total. The van der Waals surface area contributed by atoms with Gasteiger partial charge < -0.3 is 30.2 Å². The third-order valence-electron chi connectivity index (χ3n) is 2.79. The SMILES string of the molecule is Cc1cc(NC(=O)NCC2COCCO2)c(C(=O)O)[nH]1. The summed E-state index contributed by atoms with van der Waals surface area (Å²) in [5.74, 6) is -1.13. The Morgan fingerprint density at radius 3 is 2.95 bits per heavy atom. The third-order valence-corrected chi connectivity index (χ3v) is 2.79. The Kier molecular flexibility index (Phi) is 4.59. The van der Waals surface area contributed by atoms with Gasteiger partial charge in [-0.05, 0) is 13.0 Å². The standard InChI is InChI=1S/C12H17N3O5/c1-7-4-9(10(14-7)11(16)17)15-12(18)13-5-8-6-19-2-3-20-8/h4,8,14H,2-3,5-6H2,1H3,(H,16,17)(H2,13,15,18). The Morgan fingerprint density at radius 2 is 2.30 bits per heavy atom. The number of rotatable bonds is 4. The van der Waals surface area contributed by atoms with Crippen LogP contribution in [0, 0.1) is 6.92 Å². The van der Waals surface area contributed by atoms with Gasteiger partial charge in [0.1, 0.15) is 5.69 Å². The molecule has 8 heteroatoms. The van der Waals surface area contributed by atoms with Gasteiger partial charge in [-0.3, -0.25) is 0 Å². The van der Waals surface area contributed by atoms with Crippen molar-refractivity contribution in [2.24, 2.45) is 0 Å². The molecule has 1 aliphatic rings. The largest absolute Gasteiger partial charge is 0.477 e. The van der Waals surface area contributed by atoms with E-state index in [0.717, 1.165) is 0 Å². The van der Waals surface area contributed by atoms with Crippen molar-refractivity contribution in [1.82, 2.24) is 10.3 Å². The molecule has 0 radical (unpaired) electrons. The minimum atomic E-state index is -1.13. The van der Waals surface area contributed by atoms with E-state index in [0.29, 0.717) is 32.1 Å². The van der Waals surface area contributed by atoms with Crippen LogP contribution in [0.25, 0.3) is 0 Å². The number of carboxylic acid groups (broad SMARTS) is 1. The second kappa shape index (κ2) is 6.40. The number of aromatic nitrogens is 1. The summed E-state index contributed by atoms with van der Waals surface area (Å²) in [4.78, 5) is 25.4. The van der Waals surface area contributed by atoms with Crippen LogP contribution >= 0.6 is 0 Å². The molecule has 0 spiro atoms. The summed E-state index contributed by atoms with van der Waals surface area (Å²) < 4.78 is 10.6. The lowest BCUT2D eigenvalue weighted by Crippen LogP contribution is -2.41. The number of hydrogen-bond donors (Lipinski definition) is 4. The fourth-order valence-electron chi connectivity index (χ4n) is 1.88. The second-order valence-electron chi connectivity index (χ2n) is 4.45. The van der Waals surface area contributed by atoms with E-state index in [1.807, 2.05) is 0 Å². The number of aryl methyl sites for hydroxylation is 1. The zero-order chi connectivity index (χ0) is 14.5. The summed E-state index contributed by atoms with van der Waals surface area (Å²) in [6, 6.07) is 1.07. The van der Waals surface area contributed by atoms with Gasteiger partial charge in [0.2, 0.25) is 0 Å². The van der Waals surface area contributed by atoms with Crippen LogP contribution in [0.5, 0.6) is 0 Å². The van der Waals surface area contributed by atoms with Crippen LogP contribution in [0.1, 0.15) is 16.2 Å². The van der Waals surface area contributed by atoms with Crippen molar-refractivity contribution >= 4 is 17.7 Å². The summed E-state index contributed by atoms with van der Waals surface area (Å²) in [6.45, 7) is 3.52. The van der Waals surface area contributed by atoms with Crippen molar-refractivity contribution in [3.63, 3.8) is 0 Å². The predicted molar refractivity (Wildman–Crippen MR) is 70.1 cm³/mol. The smallest absolute Gasteiger partial charge is 0.354 e. The highest BCUT2D eigenvalue weighted by Gasteiger charge is 2.17. The number of anilines is 1. The molecule has 1 atom stereocenters. The molecule has 0 bridgehead atoms. The summed E-state index contributed by atoms with van der Waals surface area (Å²) in [6.07, 6.45) is -0.179. The molecule has 2 amide bonds. The first-order valence-corrected chi connectivity index (χ1v) is 6.23. The van der Waals surface area contributed by atoms with Gasteiger partial charge in [-0.25, -0.2) is 9.59 Å². The zero-order valence-electron chi connectivity index (χ0n) is 11.1. The lowest BCUT2D eigenvalue weighted by Gasteiger charge is -2.23. The molecular weight excluding hydrogens is 266 g/mol. The average molecular weight is 283 g/mol. The number of ether oxygens (including phenoxy) is 2. The predicted octanol–water partition coefficient (Wildman–Crippen LogP) is 0.558. The van der Waals surface area contributed by atoms with Gasteiger partial charge in [0, 0.05) is 12.2 Å². The molecule has 20 heavy (non-hydrogen) atoms. The molecule has 110 valence electrons. The number of nitrogens with one attached hydrogen (secondary N) is 3. The number of hydrogen-bond acceptors (Lipinski definition) is 4. The Hall–Kier alpha value is -2.06. The minimum absolute atomic E-state index is 0.0464. The summed E-state index contributed by atoms with van der Waals surface area (Å²) in [5, 5.41) is 14.1. The first kappa shape index (κ1) is 14.4.